The molecule has 2 aromatic carbocycles. The van der Waals surface area contributed by atoms with E-state index in [-0.39, 0.29) is 6.54 Å². The third-order valence-electron chi connectivity index (χ3n) is 2.50. The number of benzene rings is 2. The quantitative estimate of drug-likeness (QED) is 0.832. The lowest BCUT2D eigenvalue weighted by Crippen LogP contribution is -2.21. The van der Waals surface area contributed by atoms with Crippen molar-refractivity contribution in [2.24, 2.45) is 5.73 Å². The lowest BCUT2D eigenvalue weighted by molar-refractivity contribution is -0.116. The summed E-state index contributed by atoms with van der Waals surface area (Å²) in [5.41, 5.74) is 6.51. The molecular weight excluding hydrogens is 214 g/mol. The Morgan fingerprint density at radius 3 is 2.59 bits per heavy atom. The van der Waals surface area contributed by atoms with E-state index in [4.69, 9.17) is 11.0 Å². The predicted molar refractivity (Wildman–Crippen MR) is 66.3 cm³/mol. The van der Waals surface area contributed by atoms with Crippen LogP contribution in [0.3, 0.4) is 0 Å². The Hall–Kier alpha value is -2.54. The fourth-order valence-electron chi connectivity index (χ4n) is 1.73. The first-order valence-corrected chi connectivity index (χ1v) is 5.16. The lowest BCUT2D eigenvalue weighted by atomic mass is 10.0. The molecule has 0 aliphatic heterocycles. The van der Waals surface area contributed by atoms with Crippen LogP contribution in [0.5, 0.6) is 0 Å². The van der Waals surface area contributed by atoms with Crippen LogP contribution in [0.1, 0.15) is 5.56 Å². The van der Waals surface area contributed by atoms with Gasteiger partial charge in [-0.05, 0) is 12.1 Å². The smallest absolute Gasteiger partial charge is 0.236 e. The van der Waals surface area contributed by atoms with E-state index in [1.54, 1.807) is 12.1 Å². The van der Waals surface area contributed by atoms with Gasteiger partial charge >= 0.3 is 0 Å². The number of carbonyl (C=O) groups is 1. The van der Waals surface area contributed by atoms with Crippen molar-refractivity contribution in [2.45, 2.75) is 0 Å². The van der Waals surface area contributed by atoms with Crippen LogP contribution in [-0.4, -0.2) is 12.5 Å². The highest BCUT2D eigenvalue weighted by Crippen LogP contribution is 2.25. The van der Waals surface area contributed by atoms with Gasteiger partial charge in [-0.2, -0.15) is 5.26 Å². The molecule has 0 atom stereocenters. The zero-order valence-electron chi connectivity index (χ0n) is 9.10. The van der Waals surface area contributed by atoms with Crippen LogP contribution < -0.4 is 11.1 Å². The highest BCUT2D eigenvalue weighted by Gasteiger charge is 2.05. The van der Waals surface area contributed by atoms with Crippen molar-refractivity contribution < 1.29 is 4.79 Å². The highest BCUT2D eigenvalue weighted by atomic mass is 16.1. The van der Waals surface area contributed by atoms with E-state index in [0.29, 0.717) is 5.56 Å². The molecule has 84 valence electrons. The maximum absolute atomic E-state index is 10.7. The number of hydrogen-bond acceptors (Lipinski definition) is 3. The molecule has 1 amide bonds. The number of nitrogens with zero attached hydrogens (tertiary/aromatic N) is 1. The Kier molecular flexibility index (Phi) is 2.93. The average molecular weight is 225 g/mol. The highest BCUT2D eigenvalue weighted by molar-refractivity contribution is 5.98. The number of carbonyl (C=O) groups excluding carboxylic acids is 1. The van der Waals surface area contributed by atoms with Crippen LogP contribution in [0.2, 0.25) is 0 Å². The van der Waals surface area contributed by atoms with Gasteiger partial charge in [-0.1, -0.05) is 24.3 Å². The van der Waals surface area contributed by atoms with Gasteiger partial charge in [0.25, 0.3) is 0 Å². The predicted octanol–water partition coefficient (Wildman–Crippen LogP) is 1.61. The largest absolute Gasteiger partial charge is 0.376 e. The molecule has 17 heavy (non-hydrogen) atoms. The van der Waals surface area contributed by atoms with E-state index in [9.17, 15) is 4.79 Å². The van der Waals surface area contributed by atoms with Crippen molar-refractivity contribution in [3.8, 4) is 6.07 Å². The molecule has 0 fully saturated rings. The normalized spacial score (nSPS) is 9.82. The summed E-state index contributed by atoms with van der Waals surface area (Å²) >= 11 is 0. The summed E-state index contributed by atoms with van der Waals surface area (Å²) in [5, 5.41) is 13.7. The molecule has 0 radical (unpaired) electrons. The van der Waals surface area contributed by atoms with Crippen molar-refractivity contribution in [2.75, 3.05) is 11.9 Å². The second kappa shape index (κ2) is 4.54. The molecule has 2 aromatic rings. The van der Waals surface area contributed by atoms with Gasteiger partial charge < -0.3 is 11.1 Å². The molecule has 0 spiro atoms. The molecule has 0 aromatic heterocycles. The molecule has 0 bridgehead atoms. The standard InChI is InChI=1S/C13H11N3O/c14-7-9-5-6-12(16-8-13(15)17)11-4-2-1-3-10(9)11/h1-6,16H,8H2,(H2,15,17). The molecule has 0 aliphatic carbocycles. The van der Waals surface area contributed by atoms with Crippen molar-refractivity contribution in [1.82, 2.24) is 0 Å². The summed E-state index contributed by atoms with van der Waals surface area (Å²) in [6.07, 6.45) is 0. The van der Waals surface area contributed by atoms with Gasteiger partial charge in [0.15, 0.2) is 0 Å². The number of nitrogens with two attached hydrogens (primary N) is 1. The zero-order chi connectivity index (χ0) is 12.3. The summed E-state index contributed by atoms with van der Waals surface area (Å²) in [5.74, 6) is -0.418. The molecule has 0 unspecified atom stereocenters. The SMILES string of the molecule is N#Cc1ccc(NCC(N)=O)c2ccccc12. The number of amides is 1. The van der Waals surface area contributed by atoms with Crippen LogP contribution in [0.4, 0.5) is 5.69 Å². The van der Waals surface area contributed by atoms with Gasteiger partial charge in [0, 0.05) is 16.5 Å². The number of fused-ring (bicyclic) bond motifs is 1. The Morgan fingerprint density at radius 1 is 1.24 bits per heavy atom. The third-order valence-corrected chi connectivity index (χ3v) is 2.50. The number of anilines is 1. The number of primary amides is 1. The molecule has 0 aliphatic rings. The van der Waals surface area contributed by atoms with Crippen LogP contribution in [0.25, 0.3) is 10.8 Å². The van der Waals surface area contributed by atoms with E-state index < -0.39 is 5.91 Å². The van der Waals surface area contributed by atoms with Crippen molar-refractivity contribution in [3.05, 3.63) is 42.0 Å². The van der Waals surface area contributed by atoms with Crippen molar-refractivity contribution in [3.63, 3.8) is 0 Å². The van der Waals surface area contributed by atoms with Crippen molar-refractivity contribution in [1.29, 1.82) is 5.26 Å². The molecule has 3 N–H and O–H groups in total. The Balaban J connectivity index is 2.52. The maximum Gasteiger partial charge on any atom is 0.236 e. The Morgan fingerprint density at radius 2 is 1.94 bits per heavy atom. The van der Waals surface area contributed by atoms with Gasteiger partial charge in [-0.3, -0.25) is 4.79 Å². The minimum atomic E-state index is -0.418. The molecule has 4 nitrogen and oxygen atoms in total. The van der Waals surface area contributed by atoms with Gasteiger partial charge in [0.05, 0.1) is 18.2 Å². The van der Waals surface area contributed by atoms with Gasteiger partial charge in [0.2, 0.25) is 5.91 Å². The van der Waals surface area contributed by atoms with E-state index in [1.807, 2.05) is 24.3 Å². The monoisotopic (exact) mass is 225 g/mol. The second-order valence-electron chi connectivity index (χ2n) is 3.64. The topological polar surface area (TPSA) is 78.9 Å². The third kappa shape index (κ3) is 2.18. The van der Waals surface area contributed by atoms with Crippen molar-refractivity contribution >= 4 is 22.4 Å². The molecule has 0 saturated heterocycles. The molecule has 4 heteroatoms. The van der Waals surface area contributed by atoms with Crippen LogP contribution >= 0.6 is 0 Å². The number of hydrogen-bond donors (Lipinski definition) is 2. The minimum absolute atomic E-state index is 0.0793. The molecular formula is C13H11N3O. The minimum Gasteiger partial charge on any atom is -0.376 e. The zero-order valence-corrected chi connectivity index (χ0v) is 9.10. The summed E-state index contributed by atoms with van der Waals surface area (Å²) < 4.78 is 0. The van der Waals surface area contributed by atoms with Crippen LogP contribution in [0, 0.1) is 11.3 Å². The Labute approximate surface area is 98.7 Å². The second-order valence-corrected chi connectivity index (χ2v) is 3.64. The fraction of sp³-hybridized carbons (Fsp3) is 0.0769. The number of nitriles is 1. The van der Waals surface area contributed by atoms with E-state index in [1.165, 1.54) is 0 Å². The summed E-state index contributed by atoms with van der Waals surface area (Å²) in [7, 11) is 0. The molecule has 0 heterocycles. The first kappa shape index (κ1) is 11.0. The first-order valence-electron chi connectivity index (χ1n) is 5.16. The van der Waals surface area contributed by atoms with E-state index in [2.05, 4.69) is 11.4 Å². The Bertz CT molecular complexity index is 614. The van der Waals surface area contributed by atoms with Gasteiger partial charge in [0.1, 0.15) is 0 Å². The number of rotatable bonds is 3. The summed E-state index contributed by atoms with van der Waals surface area (Å²) in [6, 6.07) is 13.2. The van der Waals surface area contributed by atoms with Gasteiger partial charge in [-0.25, -0.2) is 0 Å². The van der Waals surface area contributed by atoms with Crippen LogP contribution in [-0.2, 0) is 4.79 Å². The fourth-order valence-corrected chi connectivity index (χ4v) is 1.73. The first-order chi connectivity index (χ1) is 8.22. The lowest BCUT2D eigenvalue weighted by Gasteiger charge is -2.09. The molecule has 0 saturated carbocycles. The summed E-state index contributed by atoms with van der Waals surface area (Å²) in [4.78, 5) is 10.7. The molecule has 2 rings (SSSR count). The maximum atomic E-state index is 10.7. The number of nitrogens with one attached hydrogen (secondary N) is 1. The van der Waals surface area contributed by atoms with E-state index >= 15 is 0 Å². The summed E-state index contributed by atoms with van der Waals surface area (Å²) in [6.45, 7) is 0.0793. The van der Waals surface area contributed by atoms with Gasteiger partial charge in [-0.15, -0.1) is 0 Å². The van der Waals surface area contributed by atoms with Crippen LogP contribution in [0.15, 0.2) is 36.4 Å². The average Bonchev–Trinajstić information content (AvgIpc) is 2.35. The van der Waals surface area contributed by atoms with E-state index in [0.717, 1.165) is 16.5 Å².